The average molecular weight is 373 g/mol. The first-order valence-electron chi connectivity index (χ1n) is 7.23. The Morgan fingerprint density at radius 3 is 2.54 bits per heavy atom. The highest BCUT2D eigenvalue weighted by Gasteiger charge is 2.31. The number of rotatable bonds is 4. The van der Waals surface area contributed by atoms with Crippen molar-refractivity contribution in [2.24, 2.45) is 0 Å². The van der Waals surface area contributed by atoms with Crippen molar-refractivity contribution in [3.8, 4) is 0 Å². The monoisotopic (exact) mass is 373 g/mol. The number of anilines is 2. The van der Waals surface area contributed by atoms with E-state index in [9.17, 15) is 27.2 Å². The topological polar surface area (TPSA) is 79.3 Å². The molecule has 0 saturated carbocycles. The number of alkyl halides is 3. The van der Waals surface area contributed by atoms with Gasteiger partial charge < -0.3 is 15.5 Å². The van der Waals surface area contributed by atoms with Crippen LogP contribution < -0.4 is 10.6 Å². The normalized spacial score (nSPS) is 11.2. The third-order valence-electron chi connectivity index (χ3n) is 3.23. The van der Waals surface area contributed by atoms with Gasteiger partial charge in [-0.15, -0.1) is 0 Å². The van der Waals surface area contributed by atoms with Crippen LogP contribution in [0.3, 0.4) is 0 Å². The predicted molar refractivity (Wildman–Crippen MR) is 85.0 cm³/mol. The second-order valence-electron chi connectivity index (χ2n) is 5.49. The number of benzene rings is 1. The molecule has 11 heteroatoms. The van der Waals surface area contributed by atoms with Gasteiger partial charge in [0.1, 0.15) is 12.4 Å². The maximum Gasteiger partial charge on any atom is 0.416 e. The lowest BCUT2D eigenvalue weighted by Crippen LogP contribution is -2.26. The van der Waals surface area contributed by atoms with Crippen molar-refractivity contribution in [1.29, 1.82) is 0 Å². The summed E-state index contributed by atoms with van der Waals surface area (Å²) < 4.78 is 52.8. The minimum atomic E-state index is -4.67. The summed E-state index contributed by atoms with van der Waals surface area (Å²) in [5.74, 6) is -1.24. The van der Waals surface area contributed by atoms with Crippen LogP contribution in [-0.4, -0.2) is 40.7 Å². The minimum absolute atomic E-state index is 0.0570. The van der Waals surface area contributed by atoms with E-state index >= 15 is 0 Å². The Hall–Kier alpha value is -3.11. The van der Waals surface area contributed by atoms with Crippen molar-refractivity contribution in [3.63, 3.8) is 0 Å². The van der Waals surface area contributed by atoms with Crippen LogP contribution in [0.25, 0.3) is 0 Å². The van der Waals surface area contributed by atoms with E-state index in [2.05, 4.69) is 10.4 Å². The van der Waals surface area contributed by atoms with Gasteiger partial charge in [0.25, 0.3) is 0 Å². The van der Waals surface area contributed by atoms with Crippen molar-refractivity contribution in [1.82, 2.24) is 14.7 Å². The van der Waals surface area contributed by atoms with Crippen LogP contribution >= 0.6 is 0 Å². The molecular weight excluding hydrogens is 358 g/mol. The van der Waals surface area contributed by atoms with Gasteiger partial charge >= 0.3 is 12.2 Å². The second kappa shape index (κ2) is 7.42. The first-order valence-corrected chi connectivity index (χ1v) is 7.23. The van der Waals surface area contributed by atoms with Crippen LogP contribution in [0.4, 0.5) is 33.7 Å². The molecule has 26 heavy (non-hydrogen) atoms. The Kier molecular flexibility index (Phi) is 5.48. The van der Waals surface area contributed by atoms with Crippen LogP contribution in [0.5, 0.6) is 0 Å². The van der Waals surface area contributed by atoms with E-state index in [1.54, 1.807) is 14.1 Å². The van der Waals surface area contributed by atoms with E-state index in [4.69, 9.17) is 0 Å². The predicted octanol–water partition coefficient (Wildman–Crippen LogP) is 2.77. The number of urea groups is 1. The number of hydrogen-bond acceptors (Lipinski definition) is 3. The van der Waals surface area contributed by atoms with Gasteiger partial charge in [0.05, 0.1) is 23.1 Å². The van der Waals surface area contributed by atoms with E-state index in [1.807, 2.05) is 5.32 Å². The average Bonchev–Trinajstić information content (AvgIpc) is 2.95. The second-order valence-corrected chi connectivity index (χ2v) is 5.49. The van der Waals surface area contributed by atoms with Crippen molar-refractivity contribution in [2.45, 2.75) is 12.7 Å². The van der Waals surface area contributed by atoms with Crippen LogP contribution in [0.2, 0.25) is 0 Å². The molecule has 0 radical (unpaired) electrons. The summed E-state index contributed by atoms with van der Waals surface area (Å²) in [5.41, 5.74) is -1.53. The number of likely N-dealkylation sites (N-methyl/N-ethyl adjacent to an activating group) is 1. The van der Waals surface area contributed by atoms with E-state index < -0.39 is 29.3 Å². The molecule has 7 nitrogen and oxygen atoms in total. The van der Waals surface area contributed by atoms with Crippen LogP contribution in [0.1, 0.15) is 5.56 Å². The third-order valence-corrected chi connectivity index (χ3v) is 3.23. The zero-order chi connectivity index (χ0) is 19.5. The summed E-state index contributed by atoms with van der Waals surface area (Å²) in [6, 6.07) is 0.725. The van der Waals surface area contributed by atoms with Crippen LogP contribution in [-0.2, 0) is 17.5 Å². The maximum atomic E-state index is 13.6. The summed E-state index contributed by atoms with van der Waals surface area (Å²) >= 11 is 0. The van der Waals surface area contributed by atoms with Gasteiger partial charge in [-0.05, 0) is 18.2 Å². The Morgan fingerprint density at radius 1 is 1.23 bits per heavy atom. The molecule has 140 valence electrons. The largest absolute Gasteiger partial charge is 0.416 e. The van der Waals surface area contributed by atoms with E-state index in [0.717, 1.165) is 0 Å². The molecule has 2 rings (SSSR count). The minimum Gasteiger partial charge on any atom is -0.347 e. The fourth-order valence-corrected chi connectivity index (χ4v) is 1.88. The number of carbonyl (C=O) groups excluding carboxylic acids is 2. The summed E-state index contributed by atoms with van der Waals surface area (Å²) in [7, 11) is 3.14. The molecule has 0 aliphatic rings. The Labute approximate surface area is 145 Å². The maximum absolute atomic E-state index is 13.6. The molecule has 0 fully saturated rings. The van der Waals surface area contributed by atoms with Gasteiger partial charge in [-0.1, -0.05) is 0 Å². The molecule has 0 unspecified atom stereocenters. The molecule has 1 aromatic heterocycles. The lowest BCUT2D eigenvalue weighted by molar-refractivity contribution is -0.137. The number of amides is 3. The molecule has 0 aliphatic heterocycles. The SMILES string of the molecule is CN(C)C(=O)Cn1cc(NC(=O)Nc2cc(C(F)(F)F)ccc2F)cn1. The van der Waals surface area contributed by atoms with Gasteiger partial charge in [-0.25, -0.2) is 9.18 Å². The molecule has 0 saturated heterocycles. The smallest absolute Gasteiger partial charge is 0.347 e. The van der Waals surface area contributed by atoms with Crippen molar-refractivity contribution < 1.29 is 27.2 Å². The lowest BCUT2D eigenvalue weighted by atomic mass is 10.2. The van der Waals surface area contributed by atoms with Crippen molar-refractivity contribution in [3.05, 3.63) is 42.0 Å². The molecule has 0 atom stereocenters. The Morgan fingerprint density at radius 2 is 1.92 bits per heavy atom. The molecule has 0 spiro atoms. The van der Waals surface area contributed by atoms with Crippen LogP contribution in [0.15, 0.2) is 30.6 Å². The van der Waals surface area contributed by atoms with E-state index in [0.29, 0.717) is 18.2 Å². The van der Waals surface area contributed by atoms with Gasteiger partial charge in [-0.2, -0.15) is 18.3 Å². The Balaban J connectivity index is 2.03. The molecule has 2 aromatic rings. The third kappa shape index (κ3) is 4.94. The van der Waals surface area contributed by atoms with Crippen LogP contribution in [0, 0.1) is 5.82 Å². The summed E-state index contributed by atoms with van der Waals surface area (Å²) in [5, 5.41) is 8.16. The van der Waals surface area contributed by atoms with Gasteiger partial charge in [0.2, 0.25) is 5.91 Å². The summed E-state index contributed by atoms with van der Waals surface area (Å²) in [6.07, 6.45) is -2.07. The summed E-state index contributed by atoms with van der Waals surface area (Å²) in [4.78, 5) is 24.8. The van der Waals surface area contributed by atoms with Gasteiger partial charge in [-0.3, -0.25) is 9.48 Å². The highest BCUT2D eigenvalue weighted by molar-refractivity contribution is 5.99. The zero-order valence-electron chi connectivity index (χ0n) is 13.8. The molecular formula is C15H15F4N5O2. The molecule has 0 bridgehead atoms. The fourth-order valence-electron chi connectivity index (χ4n) is 1.88. The number of nitrogens with one attached hydrogen (secondary N) is 2. The van der Waals surface area contributed by atoms with E-state index in [-0.39, 0.29) is 18.1 Å². The first kappa shape index (κ1) is 19.2. The highest BCUT2D eigenvalue weighted by atomic mass is 19.4. The standard InChI is InChI=1S/C15H15F4N5O2/c1-23(2)13(25)8-24-7-10(6-20-24)21-14(26)22-12-5-9(15(17,18)19)3-4-11(12)16/h3-7H,8H2,1-2H3,(H2,21,22,26). The number of aromatic nitrogens is 2. The van der Waals surface area contributed by atoms with Gasteiger partial charge in [0.15, 0.2) is 0 Å². The van der Waals surface area contributed by atoms with Crippen molar-refractivity contribution in [2.75, 3.05) is 24.7 Å². The van der Waals surface area contributed by atoms with Gasteiger partial charge in [0, 0.05) is 20.3 Å². The molecule has 1 heterocycles. The number of nitrogens with zero attached hydrogens (tertiary/aromatic N) is 3. The Bertz CT molecular complexity index is 817. The molecule has 3 amide bonds. The first-order chi connectivity index (χ1) is 12.1. The zero-order valence-corrected chi connectivity index (χ0v) is 13.8. The quantitative estimate of drug-likeness (QED) is 0.809. The fraction of sp³-hybridized carbons (Fsp3) is 0.267. The lowest BCUT2D eigenvalue weighted by Gasteiger charge is -2.11. The number of hydrogen-bond donors (Lipinski definition) is 2. The van der Waals surface area contributed by atoms with E-state index in [1.165, 1.54) is 22.0 Å². The number of carbonyl (C=O) groups is 2. The molecule has 0 aliphatic carbocycles. The summed E-state index contributed by atoms with van der Waals surface area (Å²) in [6.45, 7) is -0.0570. The number of halogens is 4. The highest BCUT2D eigenvalue weighted by Crippen LogP contribution is 2.31. The molecule has 2 N–H and O–H groups in total. The van der Waals surface area contributed by atoms with Crippen molar-refractivity contribution >= 4 is 23.3 Å². The molecule has 1 aromatic carbocycles.